The van der Waals surface area contributed by atoms with Crippen molar-refractivity contribution in [3.63, 3.8) is 0 Å². The van der Waals surface area contributed by atoms with E-state index in [4.69, 9.17) is 18.1 Å². The number of fused-ring (bicyclic) bond motifs is 7. The second-order valence-corrected chi connectivity index (χ2v) is 12.0. The lowest BCUT2D eigenvalue weighted by atomic mass is 9.82. The molecule has 1 nitrogen and oxygen atoms in total. The monoisotopic (exact) mass is 632 g/mol. The van der Waals surface area contributed by atoms with E-state index < -0.39 is 36.3 Å². The highest BCUT2D eigenvalue weighted by molar-refractivity contribution is 6.27. The van der Waals surface area contributed by atoms with Crippen LogP contribution in [-0.2, 0) is 0 Å². The van der Waals surface area contributed by atoms with E-state index in [1.807, 2.05) is 72.8 Å². The van der Waals surface area contributed by atoms with Crippen LogP contribution in [0.15, 0.2) is 186 Å². The maximum absolute atomic E-state index is 9.04. The predicted octanol–water partition coefficient (Wildman–Crippen LogP) is 13.7. The summed E-state index contributed by atoms with van der Waals surface area (Å²) in [5, 5.41) is 7.36. The Morgan fingerprint density at radius 3 is 1.65 bits per heavy atom. The van der Waals surface area contributed by atoms with Crippen molar-refractivity contribution in [2.45, 2.75) is 0 Å². The number of rotatable bonds is 4. The van der Waals surface area contributed by atoms with Crippen molar-refractivity contribution in [3.05, 3.63) is 182 Å². The number of benzene rings is 9. The van der Waals surface area contributed by atoms with Gasteiger partial charge in [0.1, 0.15) is 11.2 Å². The summed E-state index contributed by atoms with van der Waals surface area (Å²) in [6.45, 7) is 0. The second kappa shape index (κ2) is 11.1. The van der Waals surface area contributed by atoms with Gasteiger partial charge in [0.25, 0.3) is 0 Å². The lowest BCUT2D eigenvalue weighted by Gasteiger charge is -2.21. The summed E-state index contributed by atoms with van der Waals surface area (Å²) in [6, 6.07) is 34.7. The number of hydrogen-bond donors (Lipinski definition) is 0. The molecule has 10 aromatic rings. The SMILES string of the molecule is [2H]c1c([2H])c([2H])c(-c2ccc(-c3c([2H])c([2H])c([2H])c([2H])c3[2H])c(-c3c4ccccc4c(-c4cccc5oc6c7ccccc7ccc6c45)c4ccccc34)c2)c([2H])c1[2H]. The lowest BCUT2D eigenvalue weighted by Crippen LogP contribution is -1.94. The molecule has 0 N–H and O–H groups in total. The highest BCUT2D eigenvalue weighted by Crippen LogP contribution is 2.49. The van der Waals surface area contributed by atoms with Gasteiger partial charge < -0.3 is 4.42 Å². The average Bonchev–Trinajstić information content (AvgIpc) is 3.66. The molecule has 228 valence electrons. The van der Waals surface area contributed by atoms with E-state index in [-0.39, 0.29) is 35.3 Å². The molecule has 1 heteroatoms. The van der Waals surface area contributed by atoms with Crippen molar-refractivity contribution in [2.24, 2.45) is 0 Å². The van der Waals surface area contributed by atoms with E-state index in [1.54, 1.807) is 18.2 Å². The minimum atomic E-state index is -0.518. The Labute approximate surface area is 298 Å². The van der Waals surface area contributed by atoms with Crippen LogP contribution in [0.5, 0.6) is 0 Å². The van der Waals surface area contributed by atoms with Gasteiger partial charge in [-0.3, -0.25) is 0 Å². The van der Waals surface area contributed by atoms with Gasteiger partial charge in [0.15, 0.2) is 0 Å². The van der Waals surface area contributed by atoms with Crippen LogP contribution in [0, 0.1) is 0 Å². The van der Waals surface area contributed by atoms with Gasteiger partial charge in [-0.05, 0) is 89.6 Å². The predicted molar refractivity (Wildman–Crippen MR) is 208 cm³/mol. The van der Waals surface area contributed by atoms with Gasteiger partial charge in [-0.25, -0.2) is 0 Å². The maximum atomic E-state index is 9.04. The Morgan fingerprint density at radius 2 is 0.980 bits per heavy atom. The number of furan rings is 1. The standard InChI is InChI=1S/C48H30O/c1-3-14-31(15-4-1)34-27-28-35(32-16-5-2-6-17-32)43(30-34)46-39-22-11-9-20-37(39)45(38-21-10-12-23-40(38)46)41-24-13-25-44-47(41)42-29-26-33-18-7-8-19-36(33)48(42)49-44/h1-30H/i1D,2D,3D,4D,5D,6D,14D,15D,16D,17D. The minimum Gasteiger partial charge on any atom is -0.455 e. The normalized spacial score (nSPS) is 14.5. The van der Waals surface area contributed by atoms with E-state index in [1.165, 1.54) is 0 Å². The van der Waals surface area contributed by atoms with Gasteiger partial charge in [0.05, 0.1) is 13.7 Å². The highest BCUT2D eigenvalue weighted by Gasteiger charge is 2.22. The molecule has 1 aromatic heterocycles. The molecule has 10 rings (SSSR count). The Hall–Kier alpha value is -6.44. The van der Waals surface area contributed by atoms with Gasteiger partial charge in [0.2, 0.25) is 0 Å². The minimum absolute atomic E-state index is 0.0128. The fourth-order valence-corrected chi connectivity index (χ4v) is 7.37. The molecular weight excluding hydrogens is 593 g/mol. The average molecular weight is 633 g/mol. The molecule has 0 atom stereocenters. The topological polar surface area (TPSA) is 13.1 Å². The molecule has 0 saturated heterocycles. The molecule has 0 spiro atoms. The number of hydrogen-bond acceptors (Lipinski definition) is 1. The summed E-state index contributed by atoms with van der Waals surface area (Å²) in [4.78, 5) is 0. The zero-order valence-corrected chi connectivity index (χ0v) is 26.0. The molecule has 0 radical (unpaired) electrons. The van der Waals surface area contributed by atoms with Gasteiger partial charge in [-0.1, -0.05) is 164 Å². The zero-order chi connectivity index (χ0) is 41.0. The van der Waals surface area contributed by atoms with Crippen molar-refractivity contribution in [1.82, 2.24) is 0 Å². The fourth-order valence-electron chi connectivity index (χ4n) is 7.37. The molecule has 0 aliphatic rings. The largest absolute Gasteiger partial charge is 0.455 e. The quantitative estimate of drug-likeness (QED) is 0.176. The van der Waals surface area contributed by atoms with Crippen LogP contribution in [0.25, 0.3) is 98.8 Å². The van der Waals surface area contributed by atoms with Crippen LogP contribution in [-0.4, -0.2) is 0 Å². The fraction of sp³-hybridized carbons (Fsp3) is 0. The summed E-state index contributed by atoms with van der Waals surface area (Å²) in [7, 11) is 0. The molecule has 0 bridgehead atoms. The first kappa shape index (κ1) is 19.4. The Bertz CT molecular complexity index is 3350. The summed E-state index contributed by atoms with van der Waals surface area (Å²) >= 11 is 0. The molecule has 0 unspecified atom stereocenters. The van der Waals surface area contributed by atoms with Crippen molar-refractivity contribution < 1.29 is 18.1 Å². The van der Waals surface area contributed by atoms with Crippen LogP contribution in [0.2, 0.25) is 0 Å². The third kappa shape index (κ3) is 4.33. The summed E-state index contributed by atoms with van der Waals surface area (Å²) in [5.74, 6) is 0. The van der Waals surface area contributed by atoms with Gasteiger partial charge in [0, 0.05) is 16.2 Å². The molecule has 0 amide bonds. The van der Waals surface area contributed by atoms with E-state index in [2.05, 4.69) is 30.3 Å². The molecule has 0 aliphatic heterocycles. The molecule has 1 heterocycles. The zero-order valence-electron chi connectivity index (χ0n) is 36.0. The lowest BCUT2D eigenvalue weighted by molar-refractivity contribution is 0.673. The van der Waals surface area contributed by atoms with Crippen LogP contribution in [0.4, 0.5) is 0 Å². The Balaban J connectivity index is 1.36. The first-order chi connectivity index (χ1) is 28.5. The maximum Gasteiger partial charge on any atom is 0.143 e. The van der Waals surface area contributed by atoms with E-state index in [0.717, 1.165) is 65.4 Å². The van der Waals surface area contributed by atoms with E-state index in [0.29, 0.717) is 22.3 Å². The molecule has 49 heavy (non-hydrogen) atoms. The Morgan fingerprint density at radius 1 is 0.388 bits per heavy atom. The van der Waals surface area contributed by atoms with Gasteiger partial charge in [-0.15, -0.1) is 0 Å². The first-order valence-corrected chi connectivity index (χ1v) is 16.0. The van der Waals surface area contributed by atoms with Crippen LogP contribution < -0.4 is 0 Å². The smallest absolute Gasteiger partial charge is 0.143 e. The summed E-state index contributed by atoms with van der Waals surface area (Å²) in [5.41, 5.74) is 5.20. The van der Waals surface area contributed by atoms with Crippen molar-refractivity contribution >= 4 is 54.3 Å². The molecule has 0 fully saturated rings. The molecule has 9 aromatic carbocycles. The highest BCUT2D eigenvalue weighted by atomic mass is 16.3. The summed E-state index contributed by atoms with van der Waals surface area (Å²) < 4.78 is 92.9. The first-order valence-electron chi connectivity index (χ1n) is 21.0. The third-order valence-electron chi connectivity index (χ3n) is 9.43. The van der Waals surface area contributed by atoms with E-state index >= 15 is 0 Å². The van der Waals surface area contributed by atoms with Crippen LogP contribution >= 0.6 is 0 Å². The van der Waals surface area contributed by atoms with Gasteiger partial charge in [-0.2, -0.15) is 0 Å². The van der Waals surface area contributed by atoms with E-state index in [9.17, 15) is 0 Å². The second-order valence-electron chi connectivity index (χ2n) is 12.0. The third-order valence-corrected chi connectivity index (χ3v) is 9.43. The van der Waals surface area contributed by atoms with Crippen molar-refractivity contribution in [2.75, 3.05) is 0 Å². The Kier molecular flexibility index (Phi) is 4.39. The molecule has 0 aliphatic carbocycles. The van der Waals surface area contributed by atoms with Crippen LogP contribution in [0.3, 0.4) is 0 Å². The molecular formula is C48H30O. The van der Waals surface area contributed by atoms with Crippen LogP contribution in [0.1, 0.15) is 13.7 Å². The van der Waals surface area contributed by atoms with Gasteiger partial charge >= 0.3 is 0 Å². The van der Waals surface area contributed by atoms with Crippen molar-refractivity contribution in [1.29, 1.82) is 0 Å². The van der Waals surface area contributed by atoms with Crippen molar-refractivity contribution in [3.8, 4) is 44.5 Å². The molecule has 0 saturated carbocycles. The summed E-state index contributed by atoms with van der Waals surface area (Å²) in [6.07, 6.45) is 0.